The van der Waals surface area contributed by atoms with E-state index in [1.165, 1.54) is 0 Å². The van der Waals surface area contributed by atoms with Gasteiger partial charge >= 0.3 is 0 Å². The molecule has 8 heteroatoms. The number of aryl methyl sites for hydroxylation is 1. The molecule has 0 radical (unpaired) electrons. The molecule has 1 aliphatic carbocycles. The lowest BCUT2D eigenvalue weighted by molar-refractivity contribution is -0.385. The van der Waals surface area contributed by atoms with Crippen molar-refractivity contribution < 1.29 is 9.72 Å². The zero-order chi connectivity index (χ0) is 24.1. The lowest BCUT2D eigenvalue weighted by Gasteiger charge is -2.36. The molecule has 0 spiro atoms. The number of nitrogens with zero attached hydrogens (tertiary/aromatic N) is 3. The molecule has 1 heterocycles. The lowest BCUT2D eigenvalue weighted by atomic mass is 9.83. The van der Waals surface area contributed by atoms with Gasteiger partial charge in [-0.2, -0.15) is 0 Å². The number of carbonyl (C=O) groups excluding carboxylic acids is 1. The highest BCUT2D eigenvalue weighted by Gasteiger charge is 2.25. The molecule has 2 aromatic carbocycles. The second kappa shape index (κ2) is 11.1. The highest BCUT2D eigenvalue weighted by Crippen LogP contribution is 2.31. The standard InChI is InChI=1S/C26H33ClN4O3/c1-19-18-23(9-12-25(19)31(33)34)28-22-7-2-20(3-8-22)4-13-26(32)30-16-14-29(15-17-30)24-10-5-21(27)6-11-24/h5-6,9-12,18,20,22,28H,2-4,7-8,13-17H2,1H3. The molecule has 2 aliphatic rings. The third kappa shape index (κ3) is 6.20. The van der Waals surface area contributed by atoms with Crippen molar-refractivity contribution in [3.8, 4) is 0 Å². The number of carbonyl (C=O) groups is 1. The predicted molar refractivity (Wildman–Crippen MR) is 137 cm³/mol. The summed E-state index contributed by atoms with van der Waals surface area (Å²) in [5, 5.41) is 15.3. The minimum Gasteiger partial charge on any atom is -0.382 e. The number of nitrogens with one attached hydrogen (secondary N) is 1. The number of rotatable bonds is 7. The van der Waals surface area contributed by atoms with Crippen LogP contribution in [0.2, 0.25) is 5.02 Å². The number of benzene rings is 2. The lowest BCUT2D eigenvalue weighted by Crippen LogP contribution is -2.48. The molecule has 7 nitrogen and oxygen atoms in total. The normalized spacial score (nSPS) is 20.8. The summed E-state index contributed by atoms with van der Waals surface area (Å²) in [5.41, 5.74) is 2.94. The molecule has 0 bridgehead atoms. The number of amides is 1. The fraction of sp³-hybridized carbons (Fsp3) is 0.500. The first-order valence-electron chi connectivity index (χ1n) is 12.2. The summed E-state index contributed by atoms with van der Waals surface area (Å²) in [6.07, 6.45) is 5.94. The van der Waals surface area contributed by atoms with Crippen molar-refractivity contribution in [2.24, 2.45) is 5.92 Å². The van der Waals surface area contributed by atoms with E-state index in [1.807, 2.05) is 35.2 Å². The van der Waals surface area contributed by atoms with E-state index in [1.54, 1.807) is 19.1 Å². The van der Waals surface area contributed by atoms with Crippen LogP contribution in [0.25, 0.3) is 0 Å². The van der Waals surface area contributed by atoms with Crippen molar-refractivity contribution in [3.05, 3.63) is 63.2 Å². The van der Waals surface area contributed by atoms with Gasteiger partial charge in [0.1, 0.15) is 0 Å². The smallest absolute Gasteiger partial charge is 0.272 e. The van der Waals surface area contributed by atoms with Crippen LogP contribution < -0.4 is 10.2 Å². The monoisotopic (exact) mass is 484 g/mol. The van der Waals surface area contributed by atoms with Crippen molar-refractivity contribution in [2.75, 3.05) is 36.4 Å². The van der Waals surface area contributed by atoms with Gasteiger partial charge in [0.2, 0.25) is 5.91 Å². The van der Waals surface area contributed by atoms with Crippen molar-refractivity contribution in [3.63, 3.8) is 0 Å². The Balaban J connectivity index is 1.16. The summed E-state index contributed by atoms with van der Waals surface area (Å²) in [5.74, 6) is 0.869. The number of anilines is 2. The van der Waals surface area contributed by atoms with Crippen LogP contribution in [-0.2, 0) is 4.79 Å². The van der Waals surface area contributed by atoms with Gasteiger partial charge in [-0.15, -0.1) is 0 Å². The minimum atomic E-state index is -0.342. The molecule has 1 saturated heterocycles. The molecule has 182 valence electrons. The second-order valence-corrected chi connectivity index (χ2v) is 9.94. The van der Waals surface area contributed by atoms with Gasteiger partial charge in [-0.3, -0.25) is 14.9 Å². The molecule has 1 amide bonds. The quantitative estimate of drug-likeness (QED) is 0.405. The van der Waals surface area contributed by atoms with Crippen LogP contribution in [0.1, 0.15) is 44.1 Å². The maximum atomic E-state index is 12.8. The largest absolute Gasteiger partial charge is 0.382 e. The Hall–Kier alpha value is -2.80. The molecule has 1 aliphatic heterocycles. The van der Waals surface area contributed by atoms with Gasteiger partial charge in [-0.1, -0.05) is 11.6 Å². The Morgan fingerprint density at radius 3 is 2.35 bits per heavy atom. The first-order valence-corrected chi connectivity index (χ1v) is 12.6. The van der Waals surface area contributed by atoms with Gasteiger partial charge in [0, 0.05) is 66.7 Å². The number of hydrogen-bond donors (Lipinski definition) is 1. The third-order valence-electron chi connectivity index (χ3n) is 7.20. The van der Waals surface area contributed by atoms with Crippen LogP contribution in [0.15, 0.2) is 42.5 Å². The topological polar surface area (TPSA) is 78.7 Å². The summed E-state index contributed by atoms with van der Waals surface area (Å²) >= 11 is 5.98. The summed E-state index contributed by atoms with van der Waals surface area (Å²) in [6, 6.07) is 13.5. The SMILES string of the molecule is Cc1cc(NC2CCC(CCC(=O)N3CCN(c4ccc(Cl)cc4)CC3)CC2)ccc1[N+](=O)[O-]. The Kier molecular flexibility index (Phi) is 7.93. The molecule has 2 fully saturated rings. The molecule has 1 saturated carbocycles. The first-order chi connectivity index (χ1) is 16.4. The average Bonchev–Trinajstić information content (AvgIpc) is 2.84. The van der Waals surface area contributed by atoms with Crippen LogP contribution in [-0.4, -0.2) is 48.0 Å². The van der Waals surface area contributed by atoms with Crippen LogP contribution in [0, 0.1) is 23.0 Å². The molecule has 0 unspecified atom stereocenters. The molecule has 0 atom stereocenters. The van der Waals surface area contributed by atoms with E-state index < -0.39 is 0 Å². The molecule has 1 N–H and O–H groups in total. The number of nitro benzene ring substituents is 1. The van der Waals surface area contributed by atoms with Crippen LogP contribution in [0.4, 0.5) is 17.1 Å². The Morgan fingerprint density at radius 1 is 1.06 bits per heavy atom. The van der Waals surface area contributed by atoms with Crippen molar-refractivity contribution in [1.82, 2.24) is 4.90 Å². The van der Waals surface area contributed by atoms with E-state index in [9.17, 15) is 14.9 Å². The van der Waals surface area contributed by atoms with Crippen molar-refractivity contribution in [2.45, 2.75) is 51.5 Å². The summed E-state index contributed by atoms with van der Waals surface area (Å²) in [7, 11) is 0. The maximum absolute atomic E-state index is 12.8. The molecule has 2 aromatic rings. The fourth-order valence-electron chi connectivity index (χ4n) is 5.13. The van der Waals surface area contributed by atoms with Gasteiger partial charge in [0.25, 0.3) is 5.69 Å². The Labute approximate surface area is 206 Å². The number of hydrogen-bond acceptors (Lipinski definition) is 5. The van der Waals surface area contributed by atoms with Crippen LogP contribution in [0.3, 0.4) is 0 Å². The van der Waals surface area contributed by atoms with Gasteiger partial charge in [-0.05, 0) is 81.3 Å². The van der Waals surface area contributed by atoms with E-state index in [2.05, 4.69) is 10.2 Å². The zero-order valence-electron chi connectivity index (χ0n) is 19.7. The third-order valence-corrected chi connectivity index (χ3v) is 7.45. The summed E-state index contributed by atoms with van der Waals surface area (Å²) in [6.45, 7) is 5.02. The molecule has 34 heavy (non-hydrogen) atoms. The Morgan fingerprint density at radius 2 is 1.74 bits per heavy atom. The van der Waals surface area contributed by atoms with E-state index in [0.717, 1.165) is 74.7 Å². The minimum absolute atomic E-state index is 0.158. The van der Waals surface area contributed by atoms with Gasteiger partial charge < -0.3 is 15.1 Å². The van der Waals surface area contributed by atoms with E-state index in [0.29, 0.717) is 23.9 Å². The second-order valence-electron chi connectivity index (χ2n) is 9.50. The van der Waals surface area contributed by atoms with Gasteiger partial charge in [0.15, 0.2) is 0 Å². The highest BCUT2D eigenvalue weighted by atomic mass is 35.5. The highest BCUT2D eigenvalue weighted by molar-refractivity contribution is 6.30. The fourth-order valence-corrected chi connectivity index (χ4v) is 5.26. The van der Waals surface area contributed by atoms with Crippen LogP contribution in [0.5, 0.6) is 0 Å². The van der Waals surface area contributed by atoms with E-state index >= 15 is 0 Å². The zero-order valence-corrected chi connectivity index (χ0v) is 20.5. The summed E-state index contributed by atoms with van der Waals surface area (Å²) in [4.78, 5) is 27.8. The maximum Gasteiger partial charge on any atom is 0.272 e. The van der Waals surface area contributed by atoms with Crippen molar-refractivity contribution in [1.29, 1.82) is 0 Å². The van der Waals surface area contributed by atoms with E-state index in [-0.39, 0.29) is 16.5 Å². The molecule has 0 aromatic heterocycles. The average molecular weight is 485 g/mol. The predicted octanol–water partition coefficient (Wildman–Crippen LogP) is 5.66. The van der Waals surface area contributed by atoms with Gasteiger partial charge in [-0.25, -0.2) is 0 Å². The van der Waals surface area contributed by atoms with E-state index in [4.69, 9.17) is 11.6 Å². The van der Waals surface area contributed by atoms with Gasteiger partial charge in [0.05, 0.1) is 4.92 Å². The Bertz CT molecular complexity index is 998. The number of piperazine rings is 1. The number of halogens is 1. The first kappa shape index (κ1) is 24.3. The number of nitro groups is 1. The molecule has 4 rings (SSSR count). The molecular weight excluding hydrogens is 452 g/mol. The van der Waals surface area contributed by atoms with Crippen molar-refractivity contribution >= 4 is 34.6 Å². The van der Waals surface area contributed by atoms with Crippen LogP contribution >= 0.6 is 11.6 Å². The summed E-state index contributed by atoms with van der Waals surface area (Å²) < 4.78 is 0. The molecular formula is C26H33ClN4O3.